The molecule has 0 aliphatic rings. The molecule has 0 aliphatic carbocycles. The lowest BCUT2D eigenvalue weighted by Gasteiger charge is -2.14. The predicted molar refractivity (Wildman–Crippen MR) is 84.0 cm³/mol. The number of aryl methyl sites for hydroxylation is 2. The van der Waals surface area contributed by atoms with Crippen LogP contribution in [-0.4, -0.2) is 14.8 Å². The average molecular weight is 292 g/mol. The van der Waals surface area contributed by atoms with Crippen LogP contribution >= 0.6 is 11.3 Å². The number of hydrogen-bond donors (Lipinski definition) is 1. The highest BCUT2D eigenvalue weighted by atomic mass is 32.1. The molecule has 0 fully saturated rings. The third-order valence-electron chi connectivity index (χ3n) is 3.56. The number of thiazole rings is 1. The molecule has 0 unspecified atom stereocenters. The van der Waals surface area contributed by atoms with Gasteiger partial charge in [-0.15, -0.1) is 11.3 Å². The molecule has 4 nitrogen and oxygen atoms in total. The summed E-state index contributed by atoms with van der Waals surface area (Å²) in [4.78, 5) is 4.70. The Balaban J connectivity index is 1.95. The van der Waals surface area contributed by atoms with E-state index in [0.717, 1.165) is 23.8 Å². The number of nitrogens with zero attached hydrogens (tertiary/aromatic N) is 3. The monoisotopic (exact) mass is 292 g/mol. The Kier molecular flexibility index (Phi) is 4.30. The SMILES string of the molecule is Cc1nn(C)c(C)c1CNCc1nc(C(C)(C)C)cs1. The van der Waals surface area contributed by atoms with Crippen LogP contribution in [0.1, 0.15) is 48.4 Å². The van der Waals surface area contributed by atoms with Gasteiger partial charge in [-0.05, 0) is 13.8 Å². The van der Waals surface area contributed by atoms with Gasteiger partial charge in [0.05, 0.1) is 11.4 Å². The summed E-state index contributed by atoms with van der Waals surface area (Å²) < 4.78 is 1.94. The Morgan fingerprint density at radius 2 is 1.95 bits per heavy atom. The standard InChI is InChI=1S/C15H24N4S/c1-10-12(11(2)19(6)18-10)7-16-8-14-17-13(9-20-14)15(3,4)5/h9,16H,7-8H2,1-6H3. The minimum atomic E-state index is 0.130. The minimum absolute atomic E-state index is 0.130. The largest absolute Gasteiger partial charge is 0.306 e. The molecule has 2 heterocycles. The molecular formula is C15H24N4S. The number of nitrogens with one attached hydrogen (secondary N) is 1. The van der Waals surface area contributed by atoms with E-state index in [4.69, 9.17) is 4.98 Å². The van der Waals surface area contributed by atoms with E-state index in [1.54, 1.807) is 11.3 Å². The van der Waals surface area contributed by atoms with Gasteiger partial charge >= 0.3 is 0 Å². The number of aromatic nitrogens is 3. The zero-order valence-corrected chi connectivity index (χ0v) is 14.1. The van der Waals surface area contributed by atoms with Gasteiger partial charge in [-0.2, -0.15) is 5.10 Å². The molecule has 0 bridgehead atoms. The predicted octanol–water partition coefficient (Wildman–Crippen LogP) is 3.08. The van der Waals surface area contributed by atoms with E-state index in [9.17, 15) is 0 Å². The molecule has 5 heteroatoms. The van der Waals surface area contributed by atoms with Crippen molar-refractivity contribution in [3.63, 3.8) is 0 Å². The van der Waals surface area contributed by atoms with Crippen LogP contribution < -0.4 is 5.32 Å². The van der Waals surface area contributed by atoms with Crippen molar-refractivity contribution in [2.75, 3.05) is 0 Å². The summed E-state index contributed by atoms with van der Waals surface area (Å²) in [6.45, 7) is 12.4. The Morgan fingerprint density at radius 3 is 2.45 bits per heavy atom. The summed E-state index contributed by atoms with van der Waals surface area (Å²) >= 11 is 1.73. The van der Waals surface area contributed by atoms with Gasteiger partial charge in [0.2, 0.25) is 0 Å². The molecule has 0 saturated carbocycles. The first-order chi connectivity index (χ1) is 9.29. The first-order valence-corrected chi connectivity index (χ1v) is 7.81. The Morgan fingerprint density at radius 1 is 1.25 bits per heavy atom. The van der Waals surface area contributed by atoms with Crippen LogP contribution in [0.4, 0.5) is 0 Å². The van der Waals surface area contributed by atoms with Gasteiger partial charge in [0.25, 0.3) is 0 Å². The van der Waals surface area contributed by atoms with Crippen molar-refractivity contribution in [3.8, 4) is 0 Å². The molecule has 0 radical (unpaired) electrons. The maximum absolute atomic E-state index is 4.70. The summed E-state index contributed by atoms with van der Waals surface area (Å²) in [6, 6.07) is 0. The molecule has 0 atom stereocenters. The van der Waals surface area contributed by atoms with Crippen LogP contribution in [0.3, 0.4) is 0 Å². The van der Waals surface area contributed by atoms with E-state index in [-0.39, 0.29) is 5.41 Å². The van der Waals surface area contributed by atoms with Crippen LogP contribution in [-0.2, 0) is 25.6 Å². The van der Waals surface area contributed by atoms with Crippen molar-refractivity contribution in [2.45, 2.75) is 53.1 Å². The zero-order chi connectivity index (χ0) is 14.9. The molecule has 0 spiro atoms. The van der Waals surface area contributed by atoms with Gasteiger partial charge in [0.15, 0.2) is 0 Å². The van der Waals surface area contributed by atoms with Crippen molar-refractivity contribution >= 4 is 11.3 Å². The third kappa shape index (κ3) is 3.27. The summed E-state index contributed by atoms with van der Waals surface area (Å²) in [5.41, 5.74) is 4.93. The zero-order valence-electron chi connectivity index (χ0n) is 13.2. The Hall–Kier alpha value is -1.20. The third-order valence-corrected chi connectivity index (χ3v) is 4.41. The highest BCUT2D eigenvalue weighted by Gasteiger charge is 2.17. The van der Waals surface area contributed by atoms with Crippen molar-refractivity contribution in [1.82, 2.24) is 20.1 Å². The molecule has 2 aromatic heterocycles. The second-order valence-corrected chi connectivity index (χ2v) is 7.20. The Bertz CT molecular complexity index is 590. The highest BCUT2D eigenvalue weighted by Crippen LogP contribution is 2.23. The van der Waals surface area contributed by atoms with Crippen LogP contribution in [0.5, 0.6) is 0 Å². The highest BCUT2D eigenvalue weighted by molar-refractivity contribution is 7.09. The number of rotatable bonds is 4. The van der Waals surface area contributed by atoms with Crippen LogP contribution in [0.15, 0.2) is 5.38 Å². The summed E-state index contributed by atoms with van der Waals surface area (Å²) in [7, 11) is 1.99. The van der Waals surface area contributed by atoms with Gasteiger partial charge in [-0.3, -0.25) is 4.68 Å². The first kappa shape index (κ1) is 15.2. The smallest absolute Gasteiger partial charge is 0.107 e. The van der Waals surface area contributed by atoms with Crippen LogP contribution in [0.2, 0.25) is 0 Å². The maximum Gasteiger partial charge on any atom is 0.107 e. The second kappa shape index (κ2) is 5.66. The molecule has 2 aromatic rings. The quantitative estimate of drug-likeness (QED) is 0.941. The van der Waals surface area contributed by atoms with E-state index >= 15 is 0 Å². The van der Waals surface area contributed by atoms with Crippen molar-refractivity contribution in [1.29, 1.82) is 0 Å². The minimum Gasteiger partial charge on any atom is -0.306 e. The average Bonchev–Trinajstić information content (AvgIpc) is 2.89. The molecular weight excluding hydrogens is 268 g/mol. The molecule has 1 N–H and O–H groups in total. The van der Waals surface area contributed by atoms with Gasteiger partial charge in [0, 0.05) is 42.2 Å². The fourth-order valence-corrected chi connectivity index (χ4v) is 3.09. The molecule has 20 heavy (non-hydrogen) atoms. The molecule has 0 aromatic carbocycles. The van der Waals surface area contributed by atoms with Gasteiger partial charge in [-0.1, -0.05) is 20.8 Å². The molecule has 0 aliphatic heterocycles. The topological polar surface area (TPSA) is 42.7 Å². The lowest BCUT2D eigenvalue weighted by Crippen LogP contribution is -2.15. The van der Waals surface area contributed by atoms with Crippen LogP contribution in [0, 0.1) is 13.8 Å². The van der Waals surface area contributed by atoms with Crippen molar-refractivity contribution in [3.05, 3.63) is 33.0 Å². The normalized spacial score (nSPS) is 12.1. The fraction of sp³-hybridized carbons (Fsp3) is 0.600. The van der Waals surface area contributed by atoms with E-state index < -0.39 is 0 Å². The van der Waals surface area contributed by atoms with Crippen LogP contribution in [0.25, 0.3) is 0 Å². The molecule has 2 rings (SSSR count). The number of hydrogen-bond acceptors (Lipinski definition) is 4. The Labute approximate surface area is 125 Å². The molecule has 0 amide bonds. The van der Waals surface area contributed by atoms with E-state index in [1.807, 2.05) is 11.7 Å². The maximum atomic E-state index is 4.70. The van der Waals surface area contributed by atoms with Crippen molar-refractivity contribution < 1.29 is 0 Å². The lowest BCUT2D eigenvalue weighted by molar-refractivity contribution is 0.568. The van der Waals surface area contributed by atoms with E-state index in [2.05, 4.69) is 50.4 Å². The summed E-state index contributed by atoms with van der Waals surface area (Å²) in [5.74, 6) is 0. The molecule has 110 valence electrons. The second-order valence-electron chi connectivity index (χ2n) is 6.25. The fourth-order valence-electron chi connectivity index (χ4n) is 2.10. The molecule has 0 saturated heterocycles. The van der Waals surface area contributed by atoms with E-state index in [0.29, 0.717) is 0 Å². The first-order valence-electron chi connectivity index (χ1n) is 6.93. The summed E-state index contributed by atoms with van der Waals surface area (Å²) in [5, 5.41) is 11.2. The lowest BCUT2D eigenvalue weighted by atomic mass is 9.93. The van der Waals surface area contributed by atoms with Gasteiger partial charge in [-0.25, -0.2) is 4.98 Å². The van der Waals surface area contributed by atoms with Gasteiger partial charge < -0.3 is 5.32 Å². The van der Waals surface area contributed by atoms with E-state index in [1.165, 1.54) is 17.0 Å². The van der Waals surface area contributed by atoms with Gasteiger partial charge in [0.1, 0.15) is 5.01 Å². The summed E-state index contributed by atoms with van der Waals surface area (Å²) in [6.07, 6.45) is 0. The van der Waals surface area contributed by atoms with Crippen molar-refractivity contribution in [2.24, 2.45) is 7.05 Å².